The molecule has 0 saturated heterocycles. The summed E-state index contributed by atoms with van der Waals surface area (Å²) in [5.74, 6) is -0.800. The molecule has 0 aromatic heterocycles. The Bertz CT molecular complexity index is 401. The molecular formula is C15H29N3O3. The number of carbonyl (C=O) groups excluding carboxylic acids is 3. The molecule has 0 aliphatic rings. The molecule has 0 unspecified atom stereocenters. The van der Waals surface area contributed by atoms with Gasteiger partial charge >= 0.3 is 0 Å². The first-order valence-electron chi connectivity index (χ1n) is 7.78. The lowest BCUT2D eigenvalue weighted by atomic mass is 9.99. The SMILES string of the molecule is [2H]N(C(=O)[C@H](CC(C)C)N(C)C(=O)[C@@H](N)C(C)C)[C@@H](C)C=O. The van der Waals surface area contributed by atoms with Crippen molar-refractivity contribution in [3.63, 3.8) is 0 Å². The molecule has 21 heavy (non-hydrogen) atoms. The molecule has 2 amide bonds. The van der Waals surface area contributed by atoms with E-state index in [0.29, 0.717) is 18.0 Å². The summed E-state index contributed by atoms with van der Waals surface area (Å²) in [5, 5.41) is 0.630. The fourth-order valence-electron chi connectivity index (χ4n) is 1.86. The van der Waals surface area contributed by atoms with Crippen molar-refractivity contribution in [3.05, 3.63) is 0 Å². The maximum absolute atomic E-state index is 12.5. The van der Waals surface area contributed by atoms with Crippen LogP contribution in [0.1, 0.15) is 41.0 Å². The fraction of sp³-hybridized carbons (Fsp3) is 0.800. The monoisotopic (exact) mass is 300 g/mol. The highest BCUT2D eigenvalue weighted by Gasteiger charge is 2.31. The van der Waals surface area contributed by atoms with E-state index in [2.05, 4.69) is 0 Å². The van der Waals surface area contributed by atoms with Crippen molar-refractivity contribution in [1.29, 1.82) is 0 Å². The molecule has 122 valence electrons. The second-order valence-electron chi connectivity index (χ2n) is 6.21. The summed E-state index contributed by atoms with van der Waals surface area (Å²) in [6.45, 7) is 8.99. The maximum Gasteiger partial charge on any atom is 0.243 e. The lowest BCUT2D eigenvalue weighted by Gasteiger charge is -2.31. The van der Waals surface area contributed by atoms with Crippen molar-refractivity contribution in [3.8, 4) is 0 Å². The first-order chi connectivity index (χ1) is 10.0. The van der Waals surface area contributed by atoms with Crippen molar-refractivity contribution in [2.45, 2.75) is 59.2 Å². The average Bonchev–Trinajstić information content (AvgIpc) is 2.47. The van der Waals surface area contributed by atoms with Crippen LogP contribution in [0, 0.1) is 11.8 Å². The minimum atomic E-state index is -0.857. The van der Waals surface area contributed by atoms with Gasteiger partial charge in [-0.25, -0.2) is 0 Å². The van der Waals surface area contributed by atoms with Crippen LogP contribution < -0.4 is 11.0 Å². The third kappa shape index (κ3) is 6.25. The fourth-order valence-corrected chi connectivity index (χ4v) is 1.86. The molecule has 0 radical (unpaired) electrons. The zero-order valence-electron chi connectivity index (χ0n) is 14.9. The lowest BCUT2D eigenvalue weighted by Crippen LogP contribution is -2.55. The molecule has 6 heteroatoms. The summed E-state index contributed by atoms with van der Waals surface area (Å²) in [5.41, 5.74) is 5.87. The number of nitrogens with one attached hydrogen (secondary N) is 1. The van der Waals surface area contributed by atoms with Crippen molar-refractivity contribution in [2.75, 3.05) is 7.05 Å². The summed E-state index contributed by atoms with van der Waals surface area (Å²) >= 11 is 0. The van der Waals surface area contributed by atoms with Crippen LogP contribution in [0.4, 0.5) is 0 Å². The summed E-state index contributed by atoms with van der Waals surface area (Å²) in [6, 6.07) is -2.35. The van der Waals surface area contributed by atoms with E-state index in [1.54, 1.807) is 0 Å². The Hall–Kier alpha value is -1.43. The molecule has 0 rings (SSSR count). The number of nitrogens with two attached hydrogens (primary N) is 1. The highest BCUT2D eigenvalue weighted by Crippen LogP contribution is 2.13. The number of hydrogen-bond acceptors (Lipinski definition) is 4. The molecule has 0 fully saturated rings. The molecule has 0 aliphatic carbocycles. The van der Waals surface area contributed by atoms with Crippen LogP contribution in [0.15, 0.2) is 0 Å². The minimum absolute atomic E-state index is 0.0502. The van der Waals surface area contributed by atoms with E-state index in [1.807, 2.05) is 27.7 Å². The molecule has 0 heterocycles. The highest BCUT2D eigenvalue weighted by atomic mass is 16.2. The lowest BCUT2D eigenvalue weighted by molar-refractivity contribution is -0.141. The van der Waals surface area contributed by atoms with E-state index >= 15 is 0 Å². The van der Waals surface area contributed by atoms with E-state index in [-0.39, 0.29) is 17.7 Å². The Balaban J connectivity index is 5.31. The van der Waals surface area contributed by atoms with Crippen molar-refractivity contribution in [1.82, 2.24) is 10.2 Å². The largest absolute Gasteiger partial charge is 0.345 e. The van der Waals surface area contributed by atoms with Gasteiger partial charge in [0.05, 0.1) is 12.1 Å². The van der Waals surface area contributed by atoms with Crippen LogP contribution in [0.5, 0.6) is 0 Å². The van der Waals surface area contributed by atoms with Crippen LogP contribution in [0.25, 0.3) is 0 Å². The smallest absolute Gasteiger partial charge is 0.243 e. The zero-order chi connectivity index (χ0) is 17.6. The number of likely N-dealkylation sites (N-methyl/N-ethyl adjacent to an activating group) is 1. The molecule has 0 bridgehead atoms. The molecule has 6 nitrogen and oxygen atoms in total. The van der Waals surface area contributed by atoms with Gasteiger partial charge in [0.2, 0.25) is 11.8 Å². The van der Waals surface area contributed by atoms with Crippen LogP contribution in [0.2, 0.25) is 1.41 Å². The van der Waals surface area contributed by atoms with Gasteiger partial charge in [0.25, 0.3) is 0 Å². The van der Waals surface area contributed by atoms with Gasteiger partial charge < -0.3 is 20.7 Å². The standard InChI is InChI=1S/C15H29N3O3/c1-9(2)7-12(14(20)17-11(5)8-19)18(6)15(21)13(16)10(3)4/h8-13H,7,16H2,1-6H3,(H,17,20)/t11-,12-,13-/m0/s1/i/hD. The van der Waals surface area contributed by atoms with E-state index < -0.39 is 24.0 Å². The molecule has 3 N–H and O–H groups in total. The van der Waals surface area contributed by atoms with Crippen LogP contribution in [0.3, 0.4) is 0 Å². The molecular weight excluding hydrogens is 270 g/mol. The van der Waals surface area contributed by atoms with Gasteiger partial charge in [0.15, 0.2) is 1.41 Å². The zero-order valence-corrected chi connectivity index (χ0v) is 13.9. The third-order valence-electron chi connectivity index (χ3n) is 3.33. The number of carbonyl (C=O) groups is 3. The Kier molecular flexibility index (Phi) is 7.36. The minimum Gasteiger partial charge on any atom is -0.345 e. The van der Waals surface area contributed by atoms with Gasteiger partial charge in [0, 0.05) is 7.05 Å². The van der Waals surface area contributed by atoms with Gasteiger partial charge in [-0.05, 0) is 25.2 Å². The molecule has 0 saturated carbocycles. The van der Waals surface area contributed by atoms with E-state index in [0.717, 1.165) is 0 Å². The van der Waals surface area contributed by atoms with Crippen molar-refractivity contribution >= 4 is 18.1 Å². The third-order valence-corrected chi connectivity index (χ3v) is 3.33. The van der Waals surface area contributed by atoms with Gasteiger partial charge in [-0.15, -0.1) is 0 Å². The first kappa shape index (κ1) is 17.6. The van der Waals surface area contributed by atoms with Crippen LogP contribution in [-0.4, -0.2) is 48.2 Å². The first-order valence-corrected chi connectivity index (χ1v) is 7.34. The topological polar surface area (TPSA) is 92.5 Å². The van der Waals surface area contributed by atoms with Crippen LogP contribution in [-0.2, 0) is 14.4 Å². The Morgan fingerprint density at radius 1 is 1.29 bits per heavy atom. The predicted molar refractivity (Wildman–Crippen MR) is 82.5 cm³/mol. The molecule has 0 aliphatic heterocycles. The number of aldehydes is 1. The van der Waals surface area contributed by atoms with E-state index in [4.69, 9.17) is 7.15 Å². The molecule has 0 aromatic rings. The molecule has 0 aromatic carbocycles. The Morgan fingerprint density at radius 3 is 2.19 bits per heavy atom. The molecule has 3 atom stereocenters. The van der Waals surface area contributed by atoms with Crippen LogP contribution >= 0.6 is 0 Å². The van der Waals surface area contributed by atoms with Gasteiger partial charge in [-0.1, -0.05) is 27.7 Å². The van der Waals surface area contributed by atoms with Crippen molar-refractivity contribution < 1.29 is 15.8 Å². The van der Waals surface area contributed by atoms with E-state index in [9.17, 15) is 14.4 Å². The predicted octanol–water partition coefficient (Wildman–Crippen LogP) is 0.546. The van der Waals surface area contributed by atoms with Gasteiger partial charge in [-0.2, -0.15) is 0 Å². The van der Waals surface area contributed by atoms with E-state index in [1.165, 1.54) is 18.9 Å². The quantitative estimate of drug-likeness (QED) is 0.640. The number of nitrogens with zero attached hydrogens (tertiary/aromatic N) is 1. The summed E-state index contributed by atoms with van der Waals surface area (Å²) in [7, 11) is 1.52. The normalized spacial score (nSPS) is 16.1. The average molecular weight is 300 g/mol. The maximum atomic E-state index is 12.5. The molecule has 0 spiro atoms. The second kappa shape index (κ2) is 8.77. The summed E-state index contributed by atoms with van der Waals surface area (Å²) in [6.07, 6.45) is 0.936. The Morgan fingerprint density at radius 2 is 1.81 bits per heavy atom. The number of amides is 2. The van der Waals surface area contributed by atoms with Crippen molar-refractivity contribution in [2.24, 2.45) is 17.6 Å². The number of hydrogen-bond donors (Lipinski definition) is 2. The Labute approximate surface area is 128 Å². The van der Waals surface area contributed by atoms with Gasteiger partial charge in [-0.3, -0.25) is 9.59 Å². The number of rotatable bonds is 8. The highest BCUT2D eigenvalue weighted by molar-refractivity contribution is 5.90. The second-order valence-corrected chi connectivity index (χ2v) is 6.21. The van der Waals surface area contributed by atoms with Gasteiger partial charge in [0.1, 0.15) is 12.3 Å². The summed E-state index contributed by atoms with van der Waals surface area (Å²) < 4.78 is 7.77. The summed E-state index contributed by atoms with van der Waals surface area (Å²) in [4.78, 5) is 36.9.